The highest BCUT2D eigenvalue weighted by Gasteiger charge is 2.27. The zero-order valence-electron chi connectivity index (χ0n) is 14.4. The smallest absolute Gasteiger partial charge is 0.255 e. The van der Waals surface area contributed by atoms with Crippen LogP contribution in [0.4, 0.5) is 5.13 Å². The van der Waals surface area contributed by atoms with Gasteiger partial charge in [-0.05, 0) is 31.5 Å². The van der Waals surface area contributed by atoms with Gasteiger partial charge in [-0.25, -0.2) is 4.98 Å². The summed E-state index contributed by atoms with van der Waals surface area (Å²) in [5.41, 5.74) is 4.85. The third-order valence-electron chi connectivity index (χ3n) is 4.14. The maximum Gasteiger partial charge on any atom is 0.255 e. The second kappa shape index (κ2) is 6.67. The van der Waals surface area contributed by atoms with Gasteiger partial charge in [-0.15, -0.1) is 0 Å². The number of hydrogen-bond acceptors (Lipinski definition) is 4. The number of hydrogen-bond donors (Lipinski definition) is 0. The number of rotatable bonds is 3. The molecule has 0 unspecified atom stereocenters. The standard InChI is InChI=1S/C20H16ClN3OS/c1-12-3-5-15(6-4-12)19-18(14-7-9-16(21)10-8-14)22-20(26-19)24-17(25)11-13(2)23-24/h3-10H,11H2,1-2H3. The molecule has 1 aromatic heterocycles. The van der Waals surface area contributed by atoms with Gasteiger partial charge < -0.3 is 0 Å². The van der Waals surface area contributed by atoms with E-state index in [2.05, 4.69) is 36.3 Å². The Bertz CT molecular complexity index is 944. The molecule has 2 heterocycles. The number of benzene rings is 2. The van der Waals surface area contributed by atoms with E-state index in [1.165, 1.54) is 21.9 Å². The van der Waals surface area contributed by atoms with Crippen LogP contribution in [0.1, 0.15) is 18.9 Å². The highest BCUT2D eigenvalue weighted by Crippen LogP contribution is 2.41. The third kappa shape index (κ3) is 3.16. The van der Waals surface area contributed by atoms with Gasteiger partial charge in [-0.1, -0.05) is 64.9 Å². The molecular weight excluding hydrogens is 366 g/mol. The number of anilines is 1. The van der Waals surface area contributed by atoms with Crippen molar-refractivity contribution in [1.29, 1.82) is 0 Å². The van der Waals surface area contributed by atoms with Crippen LogP contribution in [-0.2, 0) is 4.79 Å². The molecule has 3 aromatic rings. The van der Waals surface area contributed by atoms with E-state index in [9.17, 15) is 4.79 Å². The van der Waals surface area contributed by atoms with Crippen molar-refractivity contribution in [3.63, 3.8) is 0 Å². The van der Waals surface area contributed by atoms with Crippen molar-refractivity contribution in [2.24, 2.45) is 5.10 Å². The Morgan fingerprint density at radius 3 is 2.27 bits per heavy atom. The van der Waals surface area contributed by atoms with Crippen LogP contribution >= 0.6 is 22.9 Å². The van der Waals surface area contributed by atoms with Crippen LogP contribution in [0, 0.1) is 6.92 Å². The quantitative estimate of drug-likeness (QED) is 0.596. The van der Waals surface area contributed by atoms with Gasteiger partial charge in [0.2, 0.25) is 5.13 Å². The normalized spacial score (nSPS) is 14.0. The van der Waals surface area contributed by atoms with Crippen LogP contribution in [-0.4, -0.2) is 16.6 Å². The summed E-state index contributed by atoms with van der Waals surface area (Å²) in [5.74, 6) is -0.0469. The average Bonchev–Trinajstić information content (AvgIpc) is 3.19. The maximum atomic E-state index is 12.2. The zero-order valence-corrected chi connectivity index (χ0v) is 15.9. The van der Waals surface area contributed by atoms with Crippen molar-refractivity contribution in [3.8, 4) is 21.7 Å². The molecule has 0 fully saturated rings. The van der Waals surface area contributed by atoms with E-state index in [-0.39, 0.29) is 5.91 Å². The molecule has 1 amide bonds. The molecule has 1 aliphatic rings. The van der Waals surface area contributed by atoms with E-state index in [0.717, 1.165) is 27.4 Å². The van der Waals surface area contributed by atoms with Crippen molar-refractivity contribution in [2.75, 3.05) is 5.01 Å². The first-order valence-corrected chi connectivity index (χ1v) is 9.41. The molecule has 26 heavy (non-hydrogen) atoms. The average molecular weight is 382 g/mol. The highest BCUT2D eigenvalue weighted by atomic mass is 35.5. The lowest BCUT2D eigenvalue weighted by atomic mass is 10.1. The lowest BCUT2D eigenvalue weighted by Gasteiger charge is -2.05. The minimum atomic E-state index is -0.0469. The molecule has 1 aliphatic heterocycles. The van der Waals surface area contributed by atoms with Crippen LogP contribution in [0.2, 0.25) is 5.02 Å². The number of hydrazone groups is 1. The van der Waals surface area contributed by atoms with Crippen LogP contribution in [0.3, 0.4) is 0 Å². The molecule has 0 saturated heterocycles. The summed E-state index contributed by atoms with van der Waals surface area (Å²) in [4.78, 5) is 18.0. The van der Waals surface area contributed by atoms with Gasteiger partial charge in [0.05, 0.1) is 17.0 Å². The number of nitrogens with zero attached hydrogens (tertiary/aromatic N) is 3. The molecule has 0 spiro atoms. The minimum Gasteiger partial charge on any atom is -0.272 e. The van der Waals surface area contributed by atoms with Crippen molar-refractivity contribution >= 4 is 39.7 Å². The Labute approximate surface area is 160 Å². The van der Waals surface area contributed by atoms with Gasteiger partial charge in [0.25, 0.3) is 5.91 Å². The van der Waals surface area contributed by atoms with Gasteiger partial charge in [0, 0.05) is 16.3 Å². The molecule has 0 N–H and O–H groups in total. The Morgan fingerprint density at radius 1 is 1.00 bits per heavy atom. The lowest BCUT2D eigenvalue weighted by Crippen LogP contribution is -2.19. The summed E-state index contributed by atoms with van der Waals surface area (Å²) in [6, 6.07) is 15.9. The first kappa shape index (κ1) is 16.9. The number of halogens is 1. The van der Waals surface area contributed by atoms with E-state index < -0.39 is 0 Å². The molecule has 130 valence electrons. The second-order valence-corrected chi connectivity index (χ2v) is 7.68. The Balaban J connectivity index is 1.86. The number of carbonyl (C=O) groups excluding carboxylic acids is 1. The predicted molar refractivity (Wildman–Crippen MR) is 108 cm³/mol. The largest absolute Gasteiger partial charge is 0.272 e. The van der Waals surface area contributed by atoms with Crippen LogP contribution in [0.15, 0.2) is 53.6 Å². The Kier molecular flexibility index (Phi) is 4.34. The molecule has 6 heteroatoms. The highest BCUT2D eigenvalue weighted by molar-refractivity contribution is 7.19. The molecule has 0 aliphatic carbocycles. The van der Waals surface area contributed by atoms with E-state index in [1.807, 2.05) is 31.2 Å². The number of aromatic nitrogens is 1. The van der Waals surface area contributed by atoms with Gasteiger partial charge in [-0.2, -0.15) is 10.1 Å². The fraction of sp³-hybridized carbons (Fsp3) is 0.150. The molecule has 4 rings (SSSR count). The molecule has 2 aromatic carbocycles. The fourth-order valence-corrected chi connectivity index (χ4v) is 4.00. The summed E-state index contributed by atoms with van der Waals surface area (Å²) in [5, 5.41) is 7.02. The third-order valence-corrected chi connectivity index (χ3v) is 5.47. The van der Waals surface area contributed by atoms with E-state index >= 15 is 0 Å². The molecular formula is C20H16ClN3OS. The predicted octanol–water partition coefficient (Wildman–Crippen LogP) is 5.55. The van der Waals surface area contributed by atoms with Crippen LogP contribution in [0.5, 0.6) is 0 Å². The lowest BCUT2D eigenvalue weighted by molar-refractivity contribution is -0.116. The summed E-state index contributed by atoms with van der Waals surface area (Å²) >= 11 is 7.50. The Morgan fingerprint density at radius 2 is 1.65 bits per heavy atom. The first-order valence-electron chi connectivity index (χ1n) is 8.22. The fourth-order valence-electron chi connectivity index (χ4n) is 2.81. The van der Waals surface area contributed by atoms with E-state index in [1.54, 1.807) is 0 Å². The van der Waals surface area contributed by atoms with Crippen molar-refractivity contribution < 1.29 is 4.79 Å². The molecule has 0 bridgehead atoms. The van der Waals surface area contributed by atoms with Crippen molar-refractivity contribution in [3.05, 3.63) is 59.1 Å². The number of thiazole rings is 1. The topological polar surface area (TPSA) is 45.6 Å². The van der Waals surface area contributed by atoms with Crippen LogP contribution < -0.4 is 5.01 Å². The second-order valence-electron chi connectivity index (χ2n) is 6.26. The maximum absolute atomic E-state index is 12.2. The number of carbonyl (C=O) groups is 1. The van der Waals surface area contributed by atoms with E-state index in [0.29, 0.717) is 16.6 Å². The van der Waals surface area contributed by atoms with Gasteiger partial charge in [-0.3, -0.25) is 4.79 Å². The number of amides is 1. The van der Waals surface area contributed by atoms with E-state index in [4.69, 9.17) is 16.6 Å². The van der Waals surface area contributed by atoms with Gasteiger partial charge in [0.1, 0.15) is 0 Å². The van der Waals surface area contributed by atoms with Crippen molar-refractivity contribution in [1.82, 2.24) is 4.98 Å². The minimum absolute atomic E-state index is 0.0469. The number of aryl methyl sites for hydroxylation is 1. The summed E-state index contributed by atoms with van der Waals surface area (Å²) in [6.07, 6.45) is 0.343. The monoisotopic (exact) mass is 381 g/mol. The van der Waals surface area contributed by atoms with Gasteiger partial charge in [0.15, 0.2) is 0 Å². The zero-order chi connectivity index (χ0) is 18.3. The molecule has 4 nitrogen and oxygen atoms in total. The Hall–Kier alpha value is -2.50. The van der Waals surface area contributed by atoms with Crippen LogP contribution in [0.25, 0.3) is 21.7 Å². The summed E-state index contributed by atoms with van der Waals surface area (Å²) < 4.78 is 0. The summed E-state index contributed by atoms with van der Waals surface area (Å²) in [7, 11) is 0. The molecule has 0 saturated carbocycles. The molecule has 0 atom stereocenters. The SMILES string of the molecule is CC1=NN(c2nc(-c3ccc(Cl)cc3)c(-c3ccc(C)cc3)s2)C(=O)C1. The first-order chi connectivity index (χ1) is 12.5. The molecule has 0 radical (unpaired) electrons. The van der Waals surface area contributed by atoms with Crippen molar-refractivity contribution in [2.45, 2.75) is 20.3 Å². The van der Waals surface area contributed by atoms with Gasteiger partial charge >= 0.3 is 0 Å². The summed E-state index contributed by atoms with van der Waals surface area (Å²) in [6.45, 7) is 3.91.